The van der Waals surface area contributed by atoms with Gasteiger partial charge in [-0.25, -0.2) is 9.97 Å². The third kappa shape index (κ3) is 4.44. The van der Waals surface area contributed by atoms with E-state index in [9.17, 15) is 4.79 Å². The van der Waals surface area contributed by atoms with Gasteiger partial charge in [0.25, 0.3) is 11.8 Å². The van der Waals surface area contributed by atoms with Crippen LogP contribution in [-0.2, 0) is 4.74 Å². The van der Waals surface area contributed by atoms with E-state index < -0.39 is 0 Å². The van der Waals surface area contributed by atoms with E-state index in [-0.39, 0.29) is 17.6 Å². The summed E-state index contributed by atoms with van der Waals surface area (Å²) in [6.07, 6.45) is 2.42. The van der Waals surface area contributed by atoms with Crippen LogP contribution in [0, 0.1) is 0 Å². The molecule has 0 aliphatic carbocycles. The van der Waals surface area contributed by atoms with Crippen molar-refractivity contribution < 1.29 is 13.9 Å². The molecule has 33 heavy (non-hydrogen) atoms. The largest absolute Gasteiger partial charge is 0.414 e. The molecule has 0 saturated carbocycles. The van der Waals surface area contributed by atoms with Crippen LogP contribution < -0.4 is 5.73 Å². The molecule has 5 rings (SSSR count). The van der Waals surface area contributed by atoms with Crippen molar-refractivity contribution in [1.29, 1.82) is 0 Å². The number of nitrogens with zero attached hydrogens (tertiary/aromatic N) is 5. The number of benzene rings is 2. The molecule has 0 bridgehead atoms. The maximum atomic E-state index is 12.8. The summed E-state index contributed by atoms with van der Waals surface area (Å²) in [5, 5.41) is 8.19. The van der Waals surface area contributed by atoms with Crippen LogP contribution >= 0.6 is 0 Å². The molecule has 9 nitrogen and oxygen atoms in total. The zero-order valence-electron chi connectivity index (χ0n) is 17.8. The number of rotatable bonds is 4. The Hall–Kier alpha value is -4.11. The maximum Gasteiger partial charge on any atom is 0.270 e. The van der Waals surface area contributed by atoms with Gasteiger partial charge in [0.1, 0.15) is 0 Å². The Bertz CT molecular complexity index is 1250. The van der Waals surface area contributed by atoms with Gasteiger partial charge in [0.2, 0.25) is 5.89 Å². The number of aromatic nitrogens is 4. The van der Waals surface area contributed by atoms with Crippen molar-refractivity contribution in [3.63, 3.8) is 0 Å². The molecule has 1 aliphatic rings. The fourth-order valence-electron chi connectivity index (χ4n) is 3.63. The zero-order chi connectivity index (χ0) is 22.6. The van der Waals surface area contributed by atoms with Crippen molar-refractivity contribution in [2.75, 3.05) is 32.0 Å². The SMILES string of the molecule is Nc1ncc(-c2ccc(C(=O)N3CCCOCC3)cc2)nc1-c1nnc(-c2ccccc2)o1. The number of ether oxygens (including phenoxy) is 1. The summed E-state index contributed by atoms with van der Waals surface area (Å²) in [7, 11) is 0. The second-order valence-corrected chi connectivity index (χ2v) is 7.60. The lowest BCUT2D eigenvalue weighted by atomic mass is 10.1. The molecule has 9 heteroatoms. The van der Waals surface area contributed by atoms with Gasteiger partial charge in [-0.3, -0.25) is 4.79 Å². The topological polar surface area (TPSA) is 120 Å². The van der Waals surface area contributed by atoms with Crippen LogP contribution in [0.5, 0.6) is 0 Å². The maximum absolute atomic E-state index is 12.8. The average molecular weight is 442 g/mol. The van der Waals surface area contributed by atoms with Crippen molar-refractivity contribution >= 4 is 11.7 Å². The molecule has 0 atom stereocenters. The molecule has 1 amide bonds. The highest BCUT2D eigenvalue weighted by Gasteiger charge is 2.19. The Balaban J connectivity index is 1.39. The zero-order valence-corrected chi connectivity index (χ0v) is 17.8. The van der Waals surface area contributed by atoms with Gasteiger partial charge >= 0.3 is 0 Å². The molecule has 0 spiro atoms. The monoisotopic (exact) mass is 442 g/mol. The van der Waals surface area contributed by atoms with Crippen LogP contribution in [0.1, 0.15) is 16.8 Å². The third-order valence-corrected chi connectivity index (χ3v) is 5.39. The highest BCUT2D eigenvalue weighted by molar-refractivity contribution is 5.94. The molecule has 2 aromatic carbocycles. The van der Waals surface area contributed by atoms with Crippen LogP contribution in [-0.4, -0.2) is 57.3 Å². The number of nitrogens with two attached hydrogens (primary N) is 1. The van der Waals surface area contributed by atoms with Gasteiger partial charge in [-0.1, -0.05) is 30.3 Å². The Morgan fingerprint density at radius 3 is 2.52 bits per heavy atom. The molecule has 3 heterocycles. The minimum Gasteiger partial charge on any atom is -0.414 e. The molecule has 0 radical (unpaired) electrons. The number of anilines is 1. The van der Waals surface area contributed by atoms with Crippen molar-refractivity contribution in [2.24, 2.45) is 0 Å². The summed E-state index contributed by atoms with van der Waals surface area (Å²) in [5.74, 6) is 0.752. The minimum absolute atomic E-state index is 0.00423. The molecule has 0 unspecified atom stereocenters. The second-order valence-electron chi connectivity index (χ2n) is 7.60. The smallest absolute Gasteiger partial charge is 0.270 e. The normalized spacial score (nSPS) is 14.1. The van der Waals surface area contributed by atoms with Crippen molar-refractivity contribution in [1.82, 2.24) is 25.1 Å². The Morgan fingerprint density at radius 1 is 0.909 bits per heavy atom. The van der Waals surface area contributed by atoms with Gasteiger partial charge in [0, 0.05) is 36.4 Å². The standard InChI is InChI=1S/C24H22N6O3/c25-21-20(23-29-28-22(33-23)17-5-2-1-3-6-17)27-19(15-26-21)16-7-9-18(10-8-16)24(31)30-11-4-13-32-14-12-30/h1-3,5-10,15H,4,11-14H2,(H2,25,26). The molecule has 1 saturated heterocycles. The summed E-state index contributed by atoms with van der Waals surface area (Å²) in [5.41, 5.74) is 9.15. The molecule has 2 N–H and O–H groups in total. The molecular weight excluding hydrogens is 420 g/mol. The lowest BCUT2D eigenvalue weighted by molar-refractivity contribution is 0.0741. The molecule has 2 aromatic heterocycles. The van der Waals surface area contributed by atoms with E-state index in [1.54, 1.807) is 18.3 Å². The summed E-state index contributed by atoms with van der Waals surface area (Å²) in [6, 6.07) is 16.7. The predicted octanol–water partition coefficient (Wildman–Crippen LogP) is 3.31. The van der Waals surface area contributed by atoms with E-state index in [0.29, 0.717) is 49.1 Å². The van der Waals surface area contributed by atoms with E-state index >= 15 is 0 Å². The average Bonchev–Trinajstić information content (AvgIpc) is 3.19. The van der Waals surface area contributed by atoms with Crippen molar-refractivity contribution in [3.8, 4) is 34.3 Å². The molecule has 1 fully saturated rings. The number of hydrogen-bond acceptors (Lipinski definition) is 8. The number of hydrogen-bond donors (Lipinski definition) is 1. The van der Waals surface area contributed by atoms with Gasteiger partial charge < -0.3 is 19.8 Å². The van der Waals surface area contributed by atoms with Gasteiger partial charge in [-0.05, 0) is 30.7 Å². The van der Waals surface area contributed by atoms with Crippen molar-refractivity contribution in [2.45, 2.75) is 6.42 Å². The highest BCUT2D eigenvalue weighted by Crippen LogP contribution is 2.28. The van der Waals surface area contributed by atoms with Crippen molar-refractivity contribution in [3.05, 3.63) is 66.4 Å². The quantitative estimate of drug-likeness (QED) is 0.511. The van der Waals surface area contributed by atoms with Gasteiger partial charge in [-0.15, -0.1) is 10.2 Å². The summed E-state index contributed by atoms with van der Waals surface area (Å²) < 4.78 is 11.2. The first kappa shape index (κ1) is 20.8. The van der Waals surface area contributed by atoms with Crippen LogP contribution in [0.4, 0.5) is 5.82 Å². The van der Waals surface area contributed by atoms with Crippen LogP contribution in [0.3, 0.4) is 0 Å². The van der Waals surface area contributed by atoms with E-state index in [0.717, 1.165) is 17.5 Å². The molecule has 1 aliphatic heterocycles. The summed E-state index contributed by atoms with van der Waals surface area (Å²) in [6.45, 7) is 2.55. The van der Waals surface area contributed by atoms with E-state index in [1.165, 1.54) is 0 Å². The van der Waals surface area contributed by atoms with Gasteiger partial charge in [0.05, 0.1) is 18.5 Å². The molecular formula is C24H22N6O3. The van der Waals surface area contributed by atoms with Gasteiger partial charge in [0.15, 0.2) is 11.5 Å². The lowest BCUT2D eigenvalue weighted by Gasteiger charge is -2.19. The first-order valence-corrected chi connectivity index (χ1v) is 10.7. The van der Waals surface area contributed by atoms with Gasteiger partial charge in [-0.2, -0.15) is 0 Å². The predicted molar refractivity (Wildman–Crippen MR) is 122 cm³/mol. The Labute approximate surface area is 190 Å². The van der Waals surface area contributed by atoms with Crippen LogP contribution in [0.2, 0.25) is 0 Å². The first-order chi connectivity index (χ1) is 16.2. The summed E-state index contributed by atoms with van der Waals surface area (Å²) in [4.78, 5) is 23.5. The minimum atomic E-state index is -0.00423. The number of carbonyl (C=O) groups excluding carboxylic acids is 1. The number of nitrogen functional groups attached to an aromatic ring is 1. The first-order valence-electron chi connectivity index (χ1n) is 10.7. The number of carbonyl (C=O) groups is 1. The summed E-state index contributed by atoms with van der Waals surface area (Å²) >= 11 is 0. The van der Waals surface area contributed by atoms with Crippen LogP contribution in [0.15, 0.2) is 65.2 Å². The highest BCUT2D eigenvalue weighted by atomic mass is 16.5. The lowest BCUT2D eigenvalue weighted by Crippen LogP contribution is -2.33. The fraction of sp³-hybridized carbons (Fsp3) is 0.208. The van der Waals surface area contributed by atoms with E-state index in [1.807, 2.05) is 47.4 Å². The van der Waals surface area contributed by atoms with E-state index in [4.69, 9.17) is 14.9 Å². The third-order valence-electron chi connectivity index (χ3n) is 5.39. The van der Waals surface area contributed by atoms with Crippen LogP contribution in [0.25, 0.3) is 34.3 Å². The molecule has 4 aromatic rings. The van der Waals surface area contributed by atoms with E-state index in [2.05, 4.69) is 20.2 Å². The fourth-order valence-corrected chi connectivity index (χ4v) is 3.63. The Morgan fingerprint density at radius 2 is 1.70 bits per heavy atom. The second kappa shape index (κ2) is 9.17. The Kier molecular flexibility index (Phi) is 5.77. The number of amides is 1. The molecule has 166 valence electrons.